The molecule has 1 aromatic rings. The van der Waals surface area contributed by atoms with Crippen molar-refractivity contribution in [1.29, 1.82) is 0 Å². The van der Waals surface area contributed by atoms with Crippen molar-refractivity contribution in [3.05, 3.63) is 11.9 Å². The van der Waals surface area contributed by atoms with E-state index in [1.807, 2.05) is 0 Å². The van der Waals surface area contributed by atoms with Crippen LogP contribution in [0.3, 0.4) is 0 Å². The Morgan fingerprint density at radius 3 is 2.58 bits per heavy atom. The van der Waals surface area contributed by atoms with Crippen molar-refractivity contribution in [3.63, 3.8) is 0 Å². The number of nitrogens with zero attached hydrogens (tertiary/aromatic N) is 2. The summed E-state index contributed by atoms with van der Waals surface area (Å²) in [6, 6.07) is 0. The molecular weight excluding hydrogens is 376 g/mol. The van der Waals surface area contributed by atoms with Gasteiger partial charge >= 0.3 is 0 Å². The smallest absolute Gasteiger partial charge is 0.229 e. The molecule has 1 aliphatic carbocycles. The van der Waals surface area contributed by atoms with Crippen LogP contribution < -0.4 is 4.72 Å². The first-order valence-corrected chi connectivity index (χ1v) is 12.7. The van der Waals surface area contributed by atoms with Crippen LogP contribution in [0.4, 0.5) is 5.69 Å². The highest BCUT2D eigenvalue weighted by atomic mass is 32.2. The number of anilines is 1. The van der Waals surface area contributed by atoms with E-state index in [0.29, 0.717) is 24.5 Å². The van der Waals surface area contributed by atoms with Crippen LogP contribution in [0.2, 0.25) is 0 Å². The van der Waals surface area contributed by atoms with Gasteiger partial charge in [0.15, 0.2) is 0 Å². The Morgan fingerprint density at radius 2 is 1.88 bits per heavy atom. The molecule has 8 nitrogen and oxygen atoms in total. The van der Waals surface area contributed by atoms with Crippen LogP contribution in [0.25, 0.3) is 0 Å². The lowest BCUT2D eigenvalue weighted by Crippen LogP contribution is -2.42. The van der Waals surface area contributed by atoms with Gasteiger partial charge in [0.2, 0.25) is 20.0 Å². The van der Waals surface area contributed by atoms with E-state index in [0.717, 1.165) is 44.8 Å². The van der Waals surface area contributed by atoms with Gasteiger partial charge in [0, 0.05) is 19.0 Å². The molecule has 2 N–H and O–H groups in total. The van der Waals surface area contributed by atoms with Crippen molar-refractivity contribution in [3.8, 4) is 0 Å². The Bertz CT molecular complexity index is 813. The van der Waals surface area contributed by atoms with Gasteiger partial charge in [0.05, 0.1) is 29.6 Å². The number of rotatable bonds is 6. The van der Waals surface area contributed by atoms with Gasteiger partial charge in [-0.1, -0.05) is 19.3 Å². The zero-order valence-electron chi connectivity index (χ0n) is 15.1. The summed E-state index contributed by atoms with van der Waals surface area (Å²) in [7, 11) is -6.71. The quantitative estimate of drug-likeness (QED) is 0.752. The summed E-state index contributed by atoms with van der Waals surface area (Å²) in [6.07, 6.45) is 9.53. The van der Waals surface area contributed by atoms with Crippen LogP contribution >= 0.6 is 0 Å². The maximum Gasteiger partial charge on any atom is 0.229 e. The third-order valence-corrected chi connectivity index (χ3v) is 7.92. The molecule has 0 radical (unpaired) electrons. The molecule has 0 spiro atoms. The Kier molecular flexibility index (Phi) is 5.93. The van der Waals surface area contributed by atoms with Crippen LogP contribution in [-0.2, 0) is 20.0 Å². The lowest BCUT2D eigenvalue weighted by molar-refractivity contribution is 0.305. The highest BCUT2D eigenvalue weighted by Gasteiger charge is 2.33. The third-order valence-electron chi connectivity index (χ3n) is 5.32. The summed E-state index contributed by atoms with van der Waals surface area (Å²) in [5.74, 6) is 0.414. The van der Waals surface area contributed by atoms with E-state index < -0.39 is 20.0 Å². The van der Waals surface area contributed by atoms with Crippen molar-refractivity contribution >= 4 is 25.7 Å². The second-order valence-corrected chi connectivity index (χ2v) is 11.3. The van der Waals surface area contributed by atoms with Crippen molar-refractivity contribution in [2.45, 2.75) is 50.9 Å². The summed E-state index contributed by atoms with van der Waals surface area (Å²) in [6.45, 7) is 0.907. The Hall–Kier alpha value is -1.13. The van der Waals surface area contributed by atoms with Gasteiger partial charge in [0.25, 0.3) is 0 Å². The van der Waals surface area contributed by atoms with E-state index in [2.05, 4.69) is 14.9 Å². The molecule has 0 aromatic carbocycles. The Balaban J connectivity index is 1.70. The zero-order chi connectivity index (χ0) is 18.8. The molecule has 2 heterocycles. The van der Waals surface area contributed by atoms with E-state index in [9.17, 15) is 16.8 Å². The van der Waals surface area contributed by atoms with Gasteiger partial charge in [-0.15, -0.1) is 0 Å². The van der Waals surface area contributed by atoms with Crippen molar-refractivity contribution in [2.75, 3.05) is 29.8 Å². The molecule has 0 amide bonds. The minimum absolute atomic E-state index is 0.0865. The first kappa shape index (κ1) is 19.6. The summed E-state index contributed by atoms with van der Waals surface area (Å²) < 4.78 is 52.8. The van der Waals surface area contributed by atoms with Crippen LogP contribution in [0.5, 0.6) is 0 Å². The van der Waals surface area contributed by atoms with E-state index in [1.54, 1.807) is 4.31 Å². The highest BCUT2D eigenvalue weighted by Crippen LogP contribution is 2.33. The Morgan fingerprint density at radius 1 is 1.15 bits per heavy atom. The number of aromatic amines is 1. The second kappa shape index (κ2) is 7.85. The Labute approximate surface area is 155 Å². The lowest BCUT2D eigenvalue weighted by Gasteiger charge is -2.33. The molecule has 10 heteroatoms. The molecule has 2 fully saturated rings. The molecule has 26 heavy (non-hydrogen) atoms. The minimum atomic E-state index is -3.41. The average molecular weight is 405 g/mol. The first-order valence-electron chi connectivity index (χ1n) is 9.23. The van der Waals surface area contributed by atoms with E-state index in [1.165, 1.54) is 12.6 Å². The predicted octanol–water partition coefficient (Wildman–Crippen LogP) is 1.87. The zero-order valence-corrected chi connectivity index (χ0v) is 16.8. The molecule has 1 atom stereocenters. The summed E-state index contributed by atoms with van der Waals surface area (Å²) >= 11 is 0. The minimum Gasteiger partial charge on any atom is -0.280 e. The number of piperidine rings is 1. The maximum atomic E-state index is 12.9. The molecule has 3 rings (SSSR count). The van der Waals surface area contributed by atoms with E-state index in [-0.39, 0.29) is 17.6 Å². The van der Waals surface area contributed by atoms with Gasteiger partial charge < -0.3 is 0 Å². The monoisotopic (exact) mass is 404 g/mol. The molecule has 1 aliphatic heterocycles. The number of H-pyrrole nitrogens is 1. The number of hydrogen-bond acceptors (Lipinski definition) is 5. The highest BCUT2D eigenvalue weighted by molar-refractivity contribution is 7.92. The topological polar surface area (TPSA) is 112 Å². The fourth-order valence-corrected chi connectivity index (χ4v) is 6.59. The van der Waals surface area contributed by atoms with Gasteiger partial charge in [0.1, 0.15) is 0 Å². The summed E-state index contributed by atoms with van der Waals surface area (Å²) in [4.78, 5) is 0. The third kappa shape index (κ3) is 4.98. The summed E-state index contributed by atoms with van der Waals surface area (Å²) in [5, 5.41) is 6.80. The van der Waals surface area contributed by atoms with E-state index in [4.69, 9.17) is 0 Å². The number of hydrogen-bond donors (Lipinski definition) is 2. The van der Waals surface area contributed by atoms with Crippen molar-refractivity contribution in [2.24, 2.45) is 5.92 Å². The maximum absolute atomic E-state index is 12.9. The molecule has 1 saturated carbocycles. The van der Waals surface area contributed by atoms with Crippen LogP contribution in [0, 0.1) is 5.92 Å². The van der Waals surface area contributed by atoms with Crippen LogP contribution in [0.1, 0.15) is 56.6 Å². The number of sulfonamides is 2. The molecule has 0 bridgehead atoms. The first-order chi connectivity index (χ1) is 12.2. The molecule has 2 aliphatic rings. The van der Waals surface area contributed by atoms with Crippen LogP contribution in [-0.4, -0.2) is 56.4 Å². The normalized spacial score (nSPS) is 23.8. The van der Waals surface area contributed by atoms with Gasteiger partial charge in [-0.05, 0) is 31.6 Å². The molecule has 1 saturated heterocycles. The van der Waals surface area contributed by atoms with Crippen molar-refractivity contribution < 1.29 is 16.8 Å². The lowest BCUT2D eigenvalue weighted by atomic mass is 9.91. The SMILES string of the molecule is CS(=O)(=O)Nc1cn[nH]c1[C@H]1CCCN(S(=O)(=O)CC2CCCCC2)C1. The largest absolute Gasteiger partial charge is 0.280 e. The summed E-state index contributed by atoms with van der Waals surface area (Å²) in [5.41, 5.74) is 1.07. The molecule has 148 valence electrons. The predicted molar refractivity (Wildman–Crippen MR) is 101 cm³/mol. The standard InChI is InChI=1S/C16H28N4O4S2/c1-25(21,22)19-15-10-17-18-16(15)14-8-5-9-20(11-14)26(23,24)12-13-6-3-2-4-7-13/h10,13-14,19H,2-9,11-12H2,1H3,(H,17,18)/t14-/m0/s1. The fraction of sp³-hybridized carbons (Fsp3) is 0.812. The molecular formula is C16H28N4O4S2. The van der Waals surface area contributed by atoms with Gasteiger partial charge in [-0.2, -0.15) is 5.10 Å². The molecule has 1 aromatic heterocycles. The van der Waals surface area contributed by atoms with Gasteiger partial charge in [-0.3, -0.25) is 9.82 Å². The van der Waals surface area contributed by atoms with E-state index >= 15 is 0 Å². The number of aromatic nitrogens is 2. The van der Waals surface area contributed by atoms with Gasteiger partial charge in [-0.25, -0.2) is 21.1 Å². The molecule has 0 unspecified atom stereocenters. The number of nitrogens with one attached hydrogen (secondary N) is 2. The van der Waals surface area contributed by atoms with Crippen LogP contribution in [0.15, 0.2) is 6.20 Å². The fourth-order valence-electron chi connectivity index (χ4n) is 4.08. The average Bonchev–Trinajstić information content (AvgIpc) is 3.01. The van der Waals surface area contributed by atoms with Crippen molar-refractivity contribution in [1.82, 2.24) is 14.5 Å². The second-order valence-electron chi connectivity index (χ2n) is 7.55.